The van der Waals surface area contributed by atoms with Crippen LogP contribution in [0.3, 0.4) is 0 Å². The third-order valence-corrected chi connectivity index (χ3v) is 9.65. The van der Waals surface area contributed by atoms with Crippen LogP contribution in [0.25, 0.3) is 10.8 Å². The van der Waals surface area contributed by atoms with Gasteiger partial charge in [0.25, 0.3) is 0 Å². The third-order valence-electron chi connectivity index (χ3n) is 9.65. The average Bonchev–Trinajstić information content (AvgIpc) is 3.39. The highest BCUT2D eigenvalue weighted by molar-refractivity contribution is 6.33. The number of nitrogens with one attached hydrogen (secondary N) is 1. The number of rotatable bonds is 4. The molecule has 2 aromatic carbocycles. The topological polar surface area (TPSA) is 165 Å². The number of amides is 1. The van der Waals surface area contributed by atoms with Crippen molar-refractivity contribution in [3.05, 3.63) is 41.0 Å². The lowest BCUT2D eigenvalue weighted by atomic mass is 9.52. The molecular weight excluding hydrogens is 512 g/mol. The van der Waals surface area contributed by atoms with Gasteiger partial charge in [0, 0.05) is 17.8 Å². The number of phenols is 1. The lowest BCUT2D eigenvalue weighted by molar-refractivity contribution is -0.157. The molecule has 10 nitrogen and oxygen atoms in total. The quantitative estimate of drug-likeness (QED) is 0.414. The molecule has 40 heavy (non-hydrogen) atoms. The number of fused-ring (bicyclic) bond motifs is 4. The molecule has 2 aromatic rings. The van der Waals surface area contributed by atoms with E-state index in [1.165, 1.54) is 4.90 Å². The number of likely N-dealkylation sites (N-methyl/N-ethyl adjacent to an activating group) is 1. The lowest BCUT2D eigenvalue weighted by Gasteiger charge is -2.53. The molecule has 1 aliphatic heterocycles. The maximum atomic E-state index is 14.0. The van der Waals surface area contributed by atoms with Gasteiger partial charge in [0.2, 0.25) is 5.91 Å². The Morgan fingerprint density at radius 1 is 1.18 bits per heavy atom. The van der Waals surface area contributed by atoms with Crippen molar-refractivity contribution in [2.45, 2.75) is 43.9 Å². The zero-order chi connectivity index (χ0) is 28.7. The van der Waals surface area contributed by atoms with Crippen LogP contribution in [-0.4, -0.2) is 87.8 Å². The fourth-order valence-electron chi connectivity index (χ4n) is 7.84. The molecular formula is C30H34N4O6. The van der Waals surface area contributed by atoms with E-state index in [1.54, 1.807) is 20.2 Å². The number of nitrogens with zero attached hydrogens (tertiary/aromatic N) is 2. The van der Waals surface area contributed by atoms with Gasteiger partial charge in [-0.05, 0) is 81.4 Å². The van der Waals surface area contributed by atoms with Crippen molar-refractivity contribution in [3.8, 4) is 5.75 Å². The predicted octanol–water partition coefficient (Wildman–Crippen LogP) is 1.07. The molecule has 3 fully saturated rings. The van der Waals surface area contributed by atoms with Crippen LogP contribution in [-0.2, 0) is 27.3 Å². The monoisotopic (exact) mass is 546 g/mol. The van der Waals surface area contributed by atoms with E-state index in [0.717, 1.165) is 43.4 Å². The van der Waals surface area contributed by atoms with E-state index in [-0.39, 0.29) is 17.7 Å². The number of aliphatic hydroxyl groups is 1. The highest BCUT2D eigenvalue weighted by Gasteiger charge is 2.67. The van der Waals surface area contributed by atoms with Gasteiger partial charge in [-0.25, -0.2) is 0 Å². The first kappa shape index (κ1) is 26.7. The zero-order valence-corrected chi connectivity index (χ0v) is 22.6. The summed E-state index contributed by atoms with van der Waals surface area (Å²) < 4.78 is 0. The highest BCUT2D eigenvalue weighted by atomic mass is 16.3. The summed E-state index contributed by atoms with van der Waals surface area (Å²) in [7, 11) is 3.22. The number of benzene rings is 2. The Morgan fingerprint density at radius 3 is 2.52 bits per heavy atom. The maximum Gasteiger partial charge on any atom is 0.233 e. The molecule has 210 valence electrons. The van der Waals surface area contributed by atoms with Gasteiger partial charge in [-0.1, -0.05) is 18.2 Å². The molecule has 1 saturated heterocycles. The molecule has 0 bridgehead atoms. The summed E-state index contributed by atoms with van der Waals surface area (Å²) >= 11 is 0. The van der Waals surface area contributed by atoms with Crippen molar-refractivity contribution in [1.29, 1.82) is 5.41 Å². The van der Waals surface area contributed by atoms with Crippen molar-refractivity contribution < 1.29 is 29.4 Å². The largest absolute Gasteiger partial charge is 0.507 e. The van der Waals surface area contributed by atoms with Crippen LogP contribution in [0.2, 0.25) is 0 Å². The fraction of sp³-hybridized carbons (Fsp3) is 0.500. The van der Waals surface area contributed by atoms with Gasteiger partial charge in [0.1, 0.15) is 11.7 Å². The van der Waals surface area contributed by atoms with Crippen molar-refractivity contribution in [2.24, 2.45) is 29.4 Å². The summed E-state index contributed by atoms with van der Waals surface area (Å²) in [5.74, 6) is -8.04. The number of primary amides is 1. The summed E-state index contributed by atoms with van der Waals surface area (Å²) in [6.45, 7) is 2.76. The highest BCUT2D eigenvalue weighted by Crippen LogP contribution is 2.51. The van der Waals surface area contributed by atoms with Gasteiger partial charge in [0.15, 0.2) is 23.0 Å². The standard InChI is InChI=1S/C30H34N4O6/c1-33(2)23-19-12-16-10-15-11-18-14(13-34-8-3-4-9-34)6-5-7-17(18)24(35)20(15)25(36)21(16)28(38)30(19,40)27(31)22(26(23)37)29(32)39/h5-7,11,16,19,21-23,31,35,40H,3-4,8-10,12-13H2,1-2H3,(H2,32,39). The van der Waals surface area contributed by atoms with Gasteiger partial charge >= 0.3 is 0 Å². The summed E-state index contributed by atoms with van der Waals surface area (Å²) in [5, 5.41) is 33.2. The van der Waals surface area contributed by atoms with Crippen LogP contribution in [0.15, 0.2) is 24.3 Å². The van der Waals surface area contributed by atoms with Crippen molar-refractivity contribution >= 4 is 39.7 Å². The fourth-order valence-corrected chi connectivity index (χ4v) is 7.84. The molecule has 0 radical (unpaired) electrons. The molecule has 1 amide bonds. The Hall–Kier alpha value is -3.47. The van der Waals surface area contributed by atoms with Crippen LogP contribution >= 0.6 is 0 Å². The second-order valence-electron chi connectivity index (χ2n) is 12.1. The number of hydrogen-bond acceptors (Lipinski definition) is 9. The molecule has 5 N–H and O–H groups in total. The Bertz CT molecular complexity index is 1490. The molecule has 3 aliphatic carbocycles. The minimum absolute atomic E-state index is 0.0662. The SMILES string of the molecule is CN(C)C1C(=O)C(C(N)=O)C(=N)C2(O)C(=O)C3C(=O)c4c(cc5c(CN6CCCC6)cccc5c4O)CC3CC12. The molecule has 6 unspecified atom stereocenters. The van der Waals surface area contributed by atoms with Gasteiger partial charge in [-0.3, -0.25) is 29.0 Å². The van der Waals surface area contributed by atoms with Crippen LogP contribution in [0.4, 0.5) is 0 Å². The number of carbonyl (C=O) groups excluding carboxylic acids is 4. The number of nitrogens with two attached hydrogens (primary N) is 1. The number of aromatic hydroxyl groups is 1. The van der Waals surface area contributed by atoms with Gasteiger partial charge in [-0.2, -0.15) is 0 Å². The summed E-state index contributed by atoms with van der Waals surface area (Å²) in [5.41, 5.74) is 3.95. The first-order valence-electron chi connectivity index (χ1n) is 13.8. The molecule has 6 atom stereocenters. The van der Waals surface area contributed by atoms with E-state index < -0.39 is 64.3 Å². The van der Waals surface area contributed by atoms with E-state index >= 15 is 0 Å². The van der Waals surface area contributed by atoms with Crippen molar-refractivity contribution in [3.63, 3.8) is 0 Å². The van der Waals surface area contributed by atoms with Crippen LogP contribution < -0.4 is 5.73 Å². The minimum atomic E-state index is -2.49. The zero-order valence-electron chi connectivity index (χ0n) is 22.6. The van der Waals surface area contributed by atoms with E-state index in [0.29, 0.717) is 17.4 Å². The predicted molar refractivity (Wildman–Crippen MR) is 146 cm³/mol. The normalized spacial score (nSPS) is 32.4. The van der Waals surface area contributed by atoms with Crippen molar-refractivity contribution in [2.75, 3.05) is 27.2 Å². The molecule has 2 saturated carbocycles. The summed E-state index contributed by atoms with van der Waals surface area (Å²) in [6, 6.07) is 6.54. The molecule has 4 aliphatic rings. The number of phenolic OH excluding ortho intramolecular Hbond substituents is 1. The Morgan fingerprint density at radius 2 is 1.88 bits per heavy atom. The van der Waals surface area contributed by atoms with Gasteiger partial charge in [-0.15, -0.1) is 0 Å². The van der Waals surface area contributed by atoms with Crippen molar-refractivity contribution in [1.82, 2.24) is 9.80 Å². The maximum absolute atomic E-state index is 14.0. The lowest BCUT2D eigenvalue weighted by Crippen LogP contribution is -2.73. The van der Waals surface area contributed by atoms with E-state index in [1.807, 2.05) is 18.2 Å². The summed E-state index contributed by atoms with van der Waals surface area (Å²) in [6.07, 6.45) is 2.72. The van der Waals surface area contributed by atoms with E-state index in [4.69, 9.17) is 11.1 Å². The smallest absolute Gasteiger partial charge is 0.233 e. The third kappa shape index (κ3) is 3.62. The molecule has 0 spiro atoms. The molecule has 10 heteroatoms. The molecule has 0 aromatic heterocycles. The number of likely N-dealkylation sites (tertiary alicyclic amines) is 1. The minimum Gasteiger partial charge on any atom is -0.507 e. The Labute approximate surface area is 231 Å². The second kappa shape index (κ2) is 9.29. The van der Waals surface area contributed by atoms with Crippen LogP contribution in [0, 0.1) is 29.1 Å². The van der Waals surface area contributed by atoms with Gasteiger partial charge < -0.3 is 21.4 Å². The first-order chi connectivity index (χ1) is 19.0. The second-order valence-corrected chi connectivity index (χ2v) is 12.1. The van der Waals surface area contributed by atoms with Gasteiger partial charge in [0.05, 0.1) is 23.2 Å². The number of ketones is 3. The first-order valence-corrected chi connectivity index (χ1v) is 13.8. The Balaban J connectivity index is 1.45. The number of Topliss-reactive ketones (excluding diaryl/α,β-unsaturated/α-hetero) is 3. The van der Waals surface area contributed by atoms with E-state index in [9.17, 15) is 29.4 Å². The molecule has 1 heterocycles. The van der Waals surface area contributed by atoms with Crippen LogP contribution in [0.1, 0.15) is 40.7 Å². The van der Waals surface area contributed by atoms with E-state index in [2.05, 4.69) is 4.90 Å². The number of hydrogen-bond donors (Lipinski definition) is 4. The summed E-state index contributed by atoms with van der Waals surface area (Å²) in [4.78, 5) is 57.4. The van der Waals surface area contributed by atoms with Crippen LogP contribution in [0.5, 0.6) is 5.75 Å². The Kier molecular flexibility index (Phi) is 6.21. The molecule has 6 rings (SSSR count). The average molecular weight is 547 g/mol. The number of carbonyl (C=O) groups is 4.